The van der Waals surface area contributed by atoms with Gasteiger partial charge in [0.1, 0.15) is 0 Å². The Bertz CT molecular complexity index is 202. The summed E-state index contributed by atoms with van der Waals surface area (Å²) in [6.45, 7) is 0. The topological polar surface area (TPSA) is 93.1 Å². The van der Waals surface area contributed by atoms with Gasteiger partial charge in [-0.05, 0) is 6.42 Å². The van der Waals surface area contributed by atoms with Crippen molar-refractivity contribution in [3.05, 3.63) is 0 Å². The number of carbonyl (C=O) groups is 2. The molecule has 0 aliphatic rings. The van der Waals surface area contributed by atoms with Crippen LogP contribution in [0, 0.1) is 0 Å². The van der Waals surface area contributed by atoms with Crippen molar-refractivity contribution in [3.8, 4) is 0 Å². The number of rotatable bonds is 5. The lowest BCUT2D eigenvalue weighted by molar-refractivity contribution is -0.157. The Balaban J connectivity index is 3.89. The molecule has 6 heteroatoms. The molecule has 0 amide bonds. The van der Waals surface area contributed by atoms with E-state index < -0.39 is 24.1 Å². The highest BCUT2D eigenvalue weighted by atomic mass is 16.5. The third-order valence-corrected chi connectivity index (χ3v) is 1.68. The molecule has 0 rings (SSSR count). The molecule has 14 heavy (non-hydrogen) atoms. The summed E-state index contributed by atoms with van der Waals surface area (Å²) in [5, 5.41) is 18.3. The molecule has 0 aromatic heterocycles. The average Bonchev–Trinajstić information content (AvgIpc) is 2.22. The first kappa shape index (κ1) is 12.9. The first-order chi connectivity index (χ1) is 6.52. The Hall–Kier alpha value is -1.14. The van der Waals surface area contributed by atoms with Gasteiger partial charge in [-0.15, -0.1) is 0 Å². The molecule has 0 bridgehead atoms. The molecule has 82 valence electrons. The predicted molar refractivity (Wildman–Crippen MR) is 45.3 cm³/mol. The minimum absolute atomic E-state index is 0.0526. The zero-order valence-electron chi connectivity index (χ0n) is 8.10. The van der Waals surface area contributed by atoms with Crippen molar-refractivity contribution in [2.45, 2.75) is 25.0 Å². The van der Waals surface area contributed by atoms with Gasteiger partial charge in [-0.25, -0.2) is 4.79 Å². The van der Waals surface area contributed by atoms with Gasteiger partial charge in [0, 0.05) is 6.42 Å². The molecule has 0 saturated carbocycles. The minimum atomic E-state index is -1.62. The van der Waals surface area contributed by atoms with E-state index in [9.17, 15) is 14.7 Å². The van der Waals surface area contributed by atoms with E-state index in [2.05, 4.69) is 9.47 Å². The van der Waals surface area contributed by atoms with Crippen LogP contribution >= 0.6 is 0 Å². The fraction of sp³-hybridized carbons (Fsp3) is 0.750. The van der Waals surface area contributed by atoms with E-state index in [0.717, 1.165) is 7.11 Å². The van der Waals surface area contributed by atoms with Gasteiger partial charge in [0.2, 0.25) is 0 Å². The van der Waals surface area contributed by atoms with Gasteiger partial charge in [-0.1, -0.05) is 0 Å². The monoisotopic (exact) mass is 206 g/mol. The van der Waals surface area contributed by atoms with Crippen LogP contribution in [0.2, 0.25) is 0 Å². The molecule has 0 aromatic carbocycles. The second kappa shape index (κ2) is 6.33. The van der Waals surface area contributed by atoms with Gasteiger partial charge in [0.25, 0.3) is 0 Å². The van der Waals surface area contributed by atoms with Gasteiger partial charge in [-0.3, -0.25) is 4.79 Å². The molecule has 0 aliphatic carbocycles. The Morgan fingerprint density at radius 3 is 2.21 bits per heavy atom. The molecular weight excluding hydrogens is 192 g/mol. The number of hydrogen-bond donors (Lipinski definition) is 2. The summed E-state index contributed by atoms with van der Waals surface area (Å²) < 4.78 is 8.52. The largest absolute Gasteiger partial charge is 0.469 e. The van der Waals surface area contributed by atoms with E-state index in [1.807, 2.05) is 0 Å². The van der Waals surface area contributed by atoms with Crippen LogP contribution in [0.4, 0.5) is 0 Å². The van der Waals surface area contributed by atoms with E-state index >= 15 is 0 Å². The van der Waals surface area contributed by atoms with Gasteiger partial charge >= 0.3 is 11.9 Å². The molecule has 0 saturated heterocycles. The molecule has 6 nitrogen and oxygen atoms in total. The number of esters is 2. The Morgan fingerprint density at radius 1 is 1.21 bits per heavy atom. The fourth-order valence-electron chi connectivity index (χ4n) is 0.803. The molecule has 0 spiro atoms. The van der Waals surface area contributed by atoms with Crippen LogP contribution in [0.5, 0.6) is 0 Å². The first-order valence-corrected chi connectivity index (χ1v) is 4.03. The molecule has 0 aliphatic heterocycles. The lowest BCUT2D eigenvalue weighted by Crippen LogP contribution is -2.35. The summed E-state index contributed by atoms with van der Waals surface area (Å²) in [7, 11) is 2.31. The second-order valence-electron chi connectivity index (χ2n) is 2.65. The summed E-state index contributed by atoms with van der Waals surface area (Å²) in [5.41, 5.74) is 0. The molecule has 2 atom stereocenters. The quantitative estimate of drug-likeness (QED) is 0.551. The van der Waals surface area contributed by atoms with Crippen LogP contribution in [0.3, 0.4) is 0 Å². The Labute approximate surface area is 81.4 Å². The molecule has 0 fully saturated rings. The van der Waals surface area contributed by atoms with Crippen molar-refractivity contribution in [2.24, 2.45) is 0 Å². The second-order valence-corrected chi connectivity index (χ2v) is 2.65. The van der Waals surface area contributed by atoms with E-state index in [1.165, 1.54) is 7.11 Å². The maximum absolute atomic E-state index is 10.7. The van der Waals surface area contributed by atoms with Crippen LogP contribution in [-0.4, -0.2) is 48.6 Å². The van der Waals surface area contributed by atoms with Crippen molar-refractivity contribution in [2.75, 3.05) is 14.2 Å². The van der Waals surface area contributed by atoms with Gasteiger partial charge in [0.15, 0.2) is 6.10 Å². The average molecular weight is 206 g/mol. The predicted octanol–water partition coefficient (Wildman–Crippen LogP) is -1.17. The van der Waals surface area contributed by atoms with E-state index in [-0.39, 0.29) is 12.8 Å². The van der Waals surface area contributed by atoms with E-state index in [0.29, 0.717) is 0 Å². The minimum Gasteiger partial charge on any atom is -0.469 e. The SMILES string of the molecule is COC(=O)CCC(O)C(O)C(=O)OC. The van der Waals surface area contributed by atoms with Crippen LogP contribution in [0.1, 0.15) is 12.8 Å². The lowest BCUT2D eigenvalue weighted by Gasteiger charge is -2.14. The van der Waals surface area contributed by atoms with Crippen LogP contribution in [0.15, 0.2) is 0 Å². The maximum atomic E-state index is 10.7. The standard InChI is InChI=1S/C8H14O6/c1-13-6(10)4-3-5(9)7(11)8(12)14-2/h5,7,9,11H,3-4H2,1-2H3. The molecule has 0 heterocycles. The van der Waals surface area contributed by atoms with Gasteiger partial charge in [0.05, 0.1) is 20.3 Å². The van der Waals surface area contributed by atoms with E-state index in [4.69, 9.17) is 5.11 Å². The zero-order valence-corrected chi connectivity index (χ0v) is 8.10. The number of carbonyl (C=O) groups excluding carboxylic acids is 2. The maximum Gasteiger partial charge on any atom is 0.337 e. The number of hydrogen-bond acceptors (Lipinski definition) is 6. The van der Waals surface area contributed by atoms with Crippen molar-refractivity contribution < 1.29 is 29.3 Å². The molecule has 0 radical (unpaired) electrons. The highest BCUT2D eigenvalue weighted by Crippen LogP contribution is 2.04. The molecule has 2 unspecified atom stereocenters. The number of ether oxygens (including phenoxy) is 2. The van der Waals surface area contributed by atoms with Gasteiger partial charge in [-0.2, -0.15) is 0 Å². The van der Waals surface area contributed by atoms with E-state index in [1.54, 1.807) is 0 Å². The number of aliphatic hydroxyl groups excluding tert-OH is 2. The molecular formula is C8H14O6. The summed E-state index contributed by atoms with van der Waals surface area (Å²) in [6, 6.07) is 0. The molecule has 0 aromatic rings. The summed E-state index contributed by atoms with van der Waals surface area (Å²) in [5.74, 6) is -1.44. The fourth-order valence-corrected chi connectivity index (χ4v) is 0.803. The van der Waals surface area contributed by atoms with Crippen LogP contribution < -0.4 is 0 Å². The highest BCUT2D eigenvalue weighted by Gasteiger charge is 2.25. The normalized spacial score (nSPS) is 14.3. The van der Waals surface area contributed by atoms with Gasteiger partial charge < -0.3 is 19.7 Å². The highest BCUT2D eigenvalue weighted by molar-refractivity contribution is 5.75. The smallest absolute Gasteiger partial charge is 0.337 e. The summed E-state index contributed by atoms with van der Waals surface area (Å²) in [6.07, 6.45) is -3.06. The molecule has 2 N–H and O–H groups in total. The summed E-state index contributed by atoms with van der Waals surface area (Å²) in [4.78, 5) is 21.4. The lowest BCUT2D eigenvalue weighted by atomic mass is 10.1. The van der Waals surface area contributed by atoms with Crippen molar-refractivity contribution >= 4 is 11.9 Å². The first-order valence-electron chi connectivity index (χ1n) is 4.03. The van der Waals surface area contributed by atoms with Crippen molar-refractivity contribution in [1.29, 1.82) is 0 Å². The zero-order chi connectivity index (χ0) is 11.1. The third kappa shape index (κ3) is 4.20. The Kier molecular flexibility index (Phi) is 5.82. The number of methoxy groups -OCH3 is 2. The summed E-state index contributed by atoms with van der Waals surface area (Å²) >= 11 is 0. The van der Waals surface area contributed by atoms with Crippen LogP contribution in [-0.2, 0) is 19.1 Å². The Morgan fingerprint density at radius 2 is 1.79 bits per heavy atom. The number of aliphatic hydroxyl groups is 2. The van der Waals surface area contributed by atoms with Crippen molar-refractivity contribution in [1.82, 2.24) is 0 Å². The van der Waals surface area contributed by atoms with Crippen LogP contribution in [0.25, 0.3) is 0 Å². The third-order valence-electron chi connectivity index (χ3n) is 1.68. The van der Waals surface area contributed by atoms with Crippen molar-refractivity contribution in [3.63, 3.8) is 0 Å².